The third kappa shape index (κ3) is 4.22. The normalized spacial score (nSPS) is 12.3. The van der Waals surface area contributed by atoms with Gasteiger partial charge in [-0.15, -0.1) is 0 Å². The number of hydrazine groups is 1. The molecule has 1 atom stereocenters. The maximum Gasteiger partial charge on any atom is 0.277 e. The van der Waals surface area contributed by atoms with Crippen molar-refractivity contribution in [1.29, 1.82) is 0 Å². The minimum absolute atomic E-state index is 0.147. The Morgan fingerprint density at radius 2 is 2.11 bits per heavy atom. The van der Waals surface area contributed by atoms with Gasteiger partial charge in [-0.2, -0.15) is 0 Å². The van der Waals surface area contributed by atoms with Crippen LogP contribution in [0.5, 0.6) is 5.75 Å². The second kappa shape index (κ2) is 7.11. The number of nitrogens with two attached hydrogens (primary N) is 1. The standard InChI is InChI=1S/C14H22N2O3/c1-9(2)12-6-5-11(7-10(12)3)19-13(8-18-4)14(17)16-15/h5-7,9,13H,8,15H2,1-4H3,(H,16,17). The molecule has 0 radical (unpaired) electrons. The molecular formula is C14H22N2O3. The number of aryl methyl sites for hydroxylation is 1. The summed E-state index contributed by atoms with van der Waals surface area (Å²) in [6.07, 6.45) is -0.751. The third-order valence-electron chi connectivity index (χ3n) is 2.89. The summed E-state index contributed by atoms with van der Waals surface area (Å²) in [6, 6.07) is 5.79. The number of benzene rings is 1. The van der Waals surface area contributed by atoms with Crippen LogP contribution in [0.3, 0.4) is 0 Å². The average Bonchev–Trinajstić information content (AvgIpc) is 2.37. The second-order valence-electron chi connectivity index (χ2n) is 4.74. The van der Waals surface area contributed by atoms with Crippen LogP contribution in [0.15, 0.2) is 18.2 Å². The molecule has 1 rings (SSSR count). The van der Waals surface area contributed by atoms with Gasteiger partial charge in [0.15, 0.2) is 0 Å². The highest BCUT2D eigenvalue weighted by Gasteiger charge is 2.19. The van der Waals surface area contributed by atoms with Crippen LogP contribution in [0.4, 0.5) is 0 Å². The molecule has 0 saturated carbocycles. The van der Waals surface area contributed by atoms with Crippen LogP contribution in [0, 0.1) is 6.92 Å². The number of hydrogen-bond donors (Lipinski definition) is 2. The lowest BCUT2D eigenvalue weighted by molar-refractivity contribution is -0.130. The minimum atomic E-state index is -0.751. The van der Waals surface area contributed by atoms with E-state index in [4.69, 9.17) is 15.3 Å². The number of carbonyl (C=O) groups excluding carboxylic acids is 1. The number of carbonyl (C=O) groups is 1. The van der Waals surface area contributed by atoms with E-state index in [1.54, 1.807) is 0 Å². The lowest BCUT2D eigenvalue weighted by Gasteiger charge is -2.18. The number of nitrogens with one attached hydrogen (secondary N) is 1. The van der Waals surface area contributed by atoms with E-state index in [1.165, 1.54) is 12.7 Å². The Morgan fingerprint density at radius 3 is 2.58 bits per heavy atom. The Bertz CT molecular complexity index is 433. The van der Waals surface area contributed by atoms with Crippen molar-refractivity contribution in [3.63, 3.8) is 0 Å². The highest BCUT2D eigenvalue weighted by atomic mass is 16.5. The summed E-state index contributed by atoms with van der Waals surface area (Å²) in [6.45, 7) is 6.45. The molecule has 3 N–H and O–H groups in total. The summed E-state index contributed by atoms with van der Waals surface area (Å²) in [5.41, 5.74) is 4.47. The molecule has 0 heterocycles. The molecule has 106 valence electrons. The number of ether oxygens (including phenoxy) is 2. The van der Waals surface area contributed by atoms with Crippen molar-refractivity contribution >= 4 is 5.91 Å². The summed E-state index contributed by atoms with van der Waals surface area (Å²) in [7, 11) is 1.51. The summed E-state index contributed by atoms with van der Waals surface area (Å²) in [4.78, 5) is 11.5. The van der Waals surface area contributed by atoms with Crippen LogP contribution in [0.2, 0.25) is 0 Å². The summed E-state index contributed by atoms with van der Waals surface area (Å²) in [5, 5.41) is 0. The van der Waals surface area contributed by atoms with Gasteiger partial charge in [-0.05, 0) is 36.1 Å². The molecule has 1 unspecified atom stereocenters. The number of rotatable bonds is 6. The molecule has 0 aliphatic carbocycles. The zero-order valence-electron chi connectivity index (χ0n) is 11.9. The first-order valence-corrected chi connectivity index (χ1v) is 6.26. The summed E-state index contributed by atoms with van der Waals surface area (Å²) >= 11 is 0. The summed E-state index contributed by atoms with van der Waals surface area (Å²) in [5.74, 6) is 5.79. The SMILES string of the molecule is COCC(Oc1ccc(C(C)C)c(C)c1)C(=O)NN. The lowest BCUT2D eigenvalue weighted by Crippen LogP contribution is -2.44. The van der Waals surface area contributed by atoms with Crippen molar-refractivity contribution in [2.24, 2.45) is 5.84 Å². The molecule has 0 bridgehead atoms. The van der Waals surface area contributed by atoms with Gasteiger partial charge in [0.05, 0.1) is 6.61 Å². The molecule has 0 aliphatic heterocycles. The van der Waals surface area contributed by atoms with Crippen LogP contribution >= 0.6 is 0 Å². The van der Waals surface area contributed by atoms with Gasteiger partial charge < -0.3 is 9.47 Å². The van der Waals surface area contributed by atoms with Gasteiger partial charge in [-0.25, -0.2) is 5.84 Å². The fourth-order valence-corrected chi connectivity index (χ4v) is 1.94. The van der Waals surface area contributed by atoms with Gasteiger partial charge in [-0.3, -0.25) is 10.2 Å². The largest absolute Gasteiger partial charge is 0.478 e. The van der Waals surface area contributed by atoms with Gasteiger partial charge in [0, 0.05) is 7.11 Å². The first kappa shape index (κ1) is 15.5. The van der Waals surface area contributed by atoms with Crippen molar-refractivity contribution in [2.45, 2.75) is 32.8 Å². The summed E-state index contributed by atoms with van der Waals surface area (Å²) < 4.78 is 10.6. The van der Waals surface area contributed by atoms with E-state index in [2.05, 4.69) is 19.3 Å². The Morgan fingerprint density at radius 1 is 1.42 bits per heavy atom. The molecule has 0 saturated heterocycles. The molecule has 0 aliphatic rings. The first-order chi connectivity index (χ1) is 8.99. The third-order valence-corrected chi connectivity index (χ3v) is 2.89. The van der Waals surface area contributed by atoms with E-state index in [9.17, 15) is 4.79 Å². The first-order valence-electron chi connectivity index (χ1n) is 6.26. The van der Waals surface area contributed by atoms with Crippen LogP contribution in [0.1, 0.15) is 30.9 Å². The van der Waals surface area contributed by atoms with Crippen LogP contribution in [-0.4, -0.2) is 25.7 Å². The predicted octanol–water partition coefficient (Wildman–Crippen LogP) is 1.50. The Labute approximate surface area is 114 Å². The van der Waals surface area contributed by atoms with Crippen molar-refractivity contribution < 1.29 is 14.3 Å². The van der Waals surface area contributed by atoms with Gasteiger partial charge in [0.2, 0.25) is 6.10 Å². The van der Waals surface area contributed by atoms with Gasteiger partial charge in [0.1, 0.15) is 5.75 Å². The molecule has 0 aromatic heterocycles. The van der Waals surface area contributed by atoms with E-state index < -0.39 is 12.0 Å². The Hall–Kier alpha value is -1.59. The molecule has 1 aromatic rings. The van der Waals surface area contributed by atoms with Crippen LogP contribution < -0.4 is 16.0 Å². The highest BCUT2D eigenvalue weighted by molar-refractivity contribution is 5.80. The van der Waals surface area contributed by atoms with Crippen molar-refractivity contribution in [2.75, 3.05) is 13.7 Å². The second-order valence-corrected chi connectivity index (χ2v) is 4.74. The lowest BCUT2D eigenvalue weighted by atomic mass is 9.98. The molecule has 0 spiro atoms. The highest BCUT2D eigenvalue weighted by Crippen LogP contribution is 2.24. The Kier molecular flexibility index (Phi) is 5.79. The molecule has 5 nitrogen and oxygen atoms in total. The zero-order valence-corrected chi connectivity index (χ0v) is 11.9. The smallest absolute Gasteiger partial charge is 0.277 e. The molecule has 19 heavy (non-hydrogen) atoms. The maximum absolute atomic E-state index is 11.5. The van der Waals surface area contributed by atoms with Crippen LogP contribution in [0.25, 0.3) is 0 Å². The average molecular weight is 266 g/mol. The van der Waals surface area contributed by atoms with Gasteiger partial charge in [-0.1, -0.05) is 19.9 Å². The zero-order chi connectivity index (χ0) is 14.4. The van der Waals surface area contributed by atoms with E-state index in [0.717, 1.165) is 5.56 Å². The van der Waals surface area contributed by atoms with Crippen molar-refractivity contribution in [3.05, 3.63) is 29.3 Å². The maximum atomic E-state index is 11.5. The van der Waals surface area contributed by atoms with Gasteiger partial charge in [0.25, 0.3) is 5.91 Å². The number of hydrogen-bond acceptors (Lipinski definition) is 4. The molecule has 0 fully saturated rings. The van der Waals surface area contributed by atoms with E-state index in [0.29, 0.717) is 11.7 Å². The minimum Gasteiger partial charge on any atom is -0.478 e. The number of methoxy groups -OCH3 is 1. The monoisotopic (exact) mass is 266 g/mol. The topological polar surface area (TPSA) is 73.6 Å². The number of amides is 1. The molecule has 5 heteroatoms. The van der Waals surface area contributed by atoms with Crippen molar-refractivity contribution in [3.8, 4) is 5.75 Å². The predicted molar refractivity (Wildman–Crippen MR) is 73.9 cm³/mol. The van der Waals surface area contributed by atoms with Crippen LogP contribution in [-0.2, 0) is 9.53 Å². The fraction of sp³-hybridized carbons (Fsp3) is 0.500. The van der Waals surface area contributed by atoms with E-state index >= 15 is 0 Å². The molecule has 1 aromatic carbocycles. The van der Waals surface area contributed by atoms with E-state index in [-0.39, 0.29) is 6.61 Å². The quantitative estimate of drug-likeness (QED) is 0.465. The molecular weight excluding hydrogens is 244 g/mol. The van der Waals surface area contributed by atoms with E-state index in [1.807, 2.05) is 25.1 Å². The fourth-order valence-electron chi connectivity index (χ4n) is 1.94. The van der Waals surface area contributed by atoms with Crippen molar-refractivity contribution in [1.82, 2.24) is 5.43 Å². The van der Waals surface area contributed by atoms with Gasteiger partial charge >= 0.3 is 0 Å². The Balaban J connectivity index is 2.85. The molecule has 1 amide bonds.